The third-order valence-corrected chi connectivity index (χ3v) is 9.11. The molecule has 0 N–H and O–H groups in total. The monoisotopic (exact) mass is 334 g/mol. The molecule has 2 aliphatic carbocycles. The maximum atomic E-state index is 5.82. The molecule has 0 atom stereocenters. The molecule has 3 heteroatoms. The zero-order chi connectivity index (χ0) is 16.1. The Bertz CT molecular complexity index is 472. The SMILES string of the molecule is COc1cccc(P(C2CCCCC2)C2CCCCC2)c1OC. The number of methoxy groups -OCH3 is 2. The predicted molar refractivity (Wildman–Crippen MR) is 99.8 cm³/mol. The topological polar surface area (TPSA) is 18.5 Å². The Morgan fingerprint density at radius 1 is 0.783 bits per heavy atom. The summed E-state index contributed by atoms with van der Waals surface area (Å²) in [6.07, 6.45) is 14.2. The Hall–Kier alpha value is -0.750. The van der Waals surface area contributed by atoms with Gasteiger partial charge in [0.25, 0.3) is 0 Å². The summed E-state index contributed by atoms with van der Waals surface area (Å²) < 4.78 is 11.4. The first-order chi connectivity index (χ1) is 11.3. The molecular weight excluding hydrogens is 303 g/mol. The van der Waals surface area contributed by atoms with Gasteiger partial charge in [-0.2, -0.15) is 0 Å². The van der Waals surface area contributed by atoms with Crippen molar-refractivity contribution in [3.63, 3.8) is 0 Å². The van der Waals surface area contributed by atoms with E-state index in [0.717, 1.165) is 22.8 Å². The van der Waals surface area contributed by atoms with E-state index in [1.54, 1.807) is 14.2 Å². The molecule has 1 aromatic carbocycles. The lowest BCUT2D eigenvalue weighted by Crippen LogP contribution is -2.27. The van der Waals surface area contributed by atoms with Crippen molar-refractivity contribution in [3.8, 4) is 11.5 Å². The van der Waals surface area contributed by atoms with Crippen molar-refractivity contribution in [2.75, 3.05) is 14.2 Å². The van der Waals surface area contributed by atoms with Gasteiger partial charge in [-0.1, -0.05) is 58.6 Å². The van der Waals surface area contributed by atoms with Crippen molar-refractivity contribution in [2.24, 2.45) is 0 Å². The van der Waals surface area contributed by atoms with Crippen molar-refractivity contribution in [1.29, 1.82) is 0 Å². The van der Waals surface area contributed by atoms with Crippen LogP contribution in [0, 0.1) is 0 Å². The molecule has 0 saturated heterocycles. The molecule has 128 valence electrons. The van der Waals surface area contributed by atoms with Crippen LogP contribution < -0.4 is 14.8 Å². The molecule has 0 amide bonds. The van der Waals surface area contributed by atoms with E-state index in [2.05, 4.69) is 12.1 Å². The number of rotatable bonds is 5. The van der Waals surface area contributed by atoms with Gasteiger partial charge >= 0.3 is 0 Å². The van der Waals surface area contributed by atoms with Gasteiger partial charge in [0.15, 0.2) is 11.5 Å². The van der Waals surface area contributed by atoms with Gasteiger partial charge in [-0.05, 0) is 43.1 Å². The van der Waals surface area contributed by atoms with E-state index in [1.807, 2.05) is 6.07 Å². The Kier molecular flexibility index (Phi) is 6.22. The van der Waals surface area contributed by atoms with Gasteiger partial charge in [-0.25, -0.2) is 0 Å². The number of hydrogen-bond acceptors (Lipinski definition) is 2. The maximum absolute atomic E-state index is 5.82. The summed E-state index contributed by atoms with van der Waals surface area (Å²) >= 11 is 0. The quantitative estimate of drug-likeness (QED) is 0.664. The van der Waals surface area contributed by atoms with E-state index in [4.69, 9.17) is 9.47 Å². The average Bonchev–Trinajstić information content (AvgIpc) is 2.63. The minimum Gasteiger partial charge on any atom is -0.493 e. The molecule has 0 spiro atoms. The van der Waals surface area contributed by atoms with E-state index >= 15 is 0 Å². The second-order valence-electron chi connectivity index (χ2n) is 7.00. The highest BCUT2D eigenvalue weighted by Gasteiger charge is 2.34. The third-order valence-electron chi connectivity index (χ3n) is 5.60. The van der Waals surface area contributed by atoms with Crippen molar-refractivity contribution < 1.29 is 9.47 Å². The lowest BCUT2D eigenvalue weighted by molar-refractivity contribution is 0.357. The highest BCUT2D eigenvalue weighted by Crippen LogP contribution is 2.57. The van der Waals surface area contributed by atoms with Crippen molar-refractivity contribution in [1.82, 2.24) is 0 Å². The van der Waals surface area contributed by atoms with Gasteiger partial charge in [0, 0.05) is 5.30 Å². The van der Waals surface area contributed by atoms with Gasteiger partial charge in [0.1, 0.15) is 0 Å². The Morgan fingerprint density at radius 3 is 1.83 bits per heavy atom. The molecule has 0 unspecified atom stereocenters. The van der Waals surface area contributed by atoms with Crippen molar-refractivity contribution in [3.05, 3.63) is 18.2 Å². The Balaban J connectivity index is 1.96. The number of hydrogen-bond donors (Lipinski definition) is 0. The first kappa shape index (κ1) is 17.1. The smallest absolute Gasteiger partial charge is 0.168 e. The van der Waals surface area contributed by atoms with Crippen LogP contribution in [0.25, 0.3) is 0 Å². The summed E-state index contributed by atoms with van der Waals surface area (Å²) in [7, 11) is 3.41. The molecule has 0 heterocycles. The van der Waals surface area contributed by atoms with Gasteiger partial charge in [-0.3, -0.25) is 0 Å². The van der Waals surface area contributed by atoms with E-state index < -0.39 is 0 Å². The minimum atomic E-state index is -0.146. The predicted octanol–water partition coefficient (Wildman–Crippen LogP) is 5.48. The van der Waals surface area contributed by atoms with Crippen LogP contribution in [0.3, 0.4) is 0 Å². The van der Waals surface area contributed by atoms with Crippen LogP contribution >= 0.6 is 7.92 Å². The second-order valence-corrected chi connectivity index (χ2v) is 9.76. The first-order valence-electron chi connectivity index (χ1n) is 9.34. The number of para-hydroxylation sites is 1. The molecule has 2 nitrogen and oxygen atoms in total. The zero-order valence-electron chi connectivity index (χ0n) is 14.7. The minimum absolute atomic E-state index is 0.146. The Morgan fingerprint density at radius 2 is 1.35 bits per heavy atom. The molecule has 23 heavy (non-hydrogen) atoms. The second kappa shape index (κ2) is 8.38. The number of benzene rings is 1. The average molecular weight is 334 g/mol. The molecule has 0 aliphatic heterocycles. The summed E-state index contributed by atoms with van der Waals surface area (Å²) in [4.78, 5) is 0. The van der Waals surface area contributed by atoms with Gasteiger partial charge in [0.2, 0.25) is 0 Å². The lowest BCUT2D eigenvalue weighted by atomic mass is 9.99. The summed E-state index contributed by atoms with van der Waals surface area (Å²) in [6.45, 7) is 0. The fourth-order valence-electron chi connectivity index (χ4n) is 4.48. The summed E-state index contributed by atoms with van der Waals surface area (Å²) in [5, 5.41) is 1.47. The molecule has 0 radical (unpaired) electrons. The van der Waals surface area contributed by atoms with Gasteiger partial charge in [-0.15, -0.1) is 0 Å². The van der Waals surface area contributed by atoms with E-state index in [-0.39, 0.29) is 7.92 Å². The highest BCUT2D eigenvalue weighted by atomic mass is 31.1. The van der Waals surface area contributed by atoms with Crippen molar-refractivity contribution in [2.45, 2.75) is 75.5 Å². The van der Waals surface area contributed by atoms with Gasteiger partial charge in [0.05, 0.1) is 14.2 Å². The fraction of sp³-hybridized carbons (Fsp3) is 0.700. The van der Waals surface area contributed by atoms with Crippen LogP contribution in [-0.4, -0.2) is 25.5 Å². The molecule has 1 aromatic rings. The van der Waals surface area contributed by atoms with Crippen LogP contribution in [0.15, 0.2) is 18.2 Å². The largest absolute Gasteiger partial charge is 0.493 e. The zero-order valence-corrected chi connectivity index (χ0v) is 15.6. The summed E-state index contributed by atoms with van der Waals surface area (Å²) in [6, 6.07) is 6.53. The summed E-state index contributed by atoms with van der Waals surface area (Å²) in [5.41, 5.74) is 1.78. The van der Waals surface area contributed by atoms with Crippen molar-refractivity contribution >= 4 is 13.2 Å². The molecular formula is C20H31O2P. The normalized spacial score (nSPS) is 20.7. The Labute approximate surface area is 142 Å². The number of ether oxygens (including phenoxy) is 2. The van der Waals surface area contributed by atoms with E-state index in [0.29, 0.717) is 0 Å². The molecule has 2 aliphatic rings. The third kappa shape index (κ3) is 3.85. The summed E-state index contributed by atoms with van der Waals surface area (Å²) in [5.74, 6) is 1.92. The van der Waals surface area contributed by atoms with Crippen LogP contribution in [0.4, 0.5) is 0 Å². The fourth-order valence-corrected chi connectivity index (χ4v) is 8.40. The molecule has 0 bridgehead atoms. The standard InChI is InChI=1S/C20H31O2P/c1-21-18-14-9-15-19(20(18)22-2)23(16-10-5-3-6-11-16)17-12-7-4-8-13-17/h9,14-17H,3-8,10-13H2,1-2H3. The van der Waals surface area contributed by atoms with Gasteiger partial charge < -0.3 is 9.47 Å². The first-order valence-corrected chi connectivity index (χ1v) is 10.8. The molecule has 3 rings (SSSR count). The molecule has 2 fully saturated rings. The lowest BCUT2D eigenvalue weighted by Gasteiger charge is -2.39. The van der Waals surface area contributed by atoms with Crippen LogP contribution in [0.5, 0.6) is 11.5 Å². The molecule has 2 saturated carbocycles. The van der Waals surface area contributed by atoms with Crippen LogP contribution in [-0.2, 0) is 0 Å². The molecule has 0 aromatic heterocycles. The van der Waals surface area contributed by atoms with Crippen LogP contribution in [0.1, 0.15) is 64.2 Å². The van der Waals surface area contributed by atoms with E-state index in [9.17, 15) is 0 Å². The maximum Gasteiger partial charge on any atom is 0.168 e. The van der Waals surface area contributed by atoms with Crippen LogP contribution in [0.2, 0.25) is 0 Å². The highest BCUT2D eigenvalue weighted by molar-refractivity contribution is 7.67. The van der Waals surface area contributed by atoms with E-state index in [1.165, 1.54) is 69.5 Å².